The summed E-state index contributed by atoms with van der Waals surface area (Å²) in [6, 6.07) is 3.59. The van der Waals surface area contributed by atoms with Crippen molar-refractivity contribution < 1.29 is 39.0 Å². The third kappa shape index (κ3) is 4.07. The van der Waals surface area contributed by atoms with Gasteiger partial charge in [0.25, 0.3) is 0 Å². The van der Waals surface area contributed by atoms with Crippen molar-refractivity contribution >= 4 is 21.5 Å². The predicted octanol–water partition coefficient (Wildman–Crippen LogP) is 3.84. The lowest BCUT2D eigenvalue weighted by molar-refractivity contribution is 0.177. The molecule has 174 valence electrons. The van der Waals surface area contributed by atoms with Gasteiger partial charge in [-0.05, 0) is 28.8 Å². The Hall–Kier alpha value is -2.62. The molecule has 3 aromatic carbocycles. The lowest BCUT2D eigenvalue weighted by Crippen LogP contribution is -2.04. The van der Waals surface area contributed by atoms with E-state index >= 15 is 0 Å². The van der Waals surface area contributed by atoms with Crippen molar-refractivity contribution in [1.82, 2.24) is 0 Å². The minimum Gasteiger partial charge on any atom is -0.507 e. The largest absolute Gasteiger partial charge is 0.507 e. The van der Waals surface area contributed by atoms with Crippen LogP contribution in [0.25, 0.3) is 21.5 Å². The molecule has 3 aromatic rings. The van der Waals surface area contributed by atoms with Crippen LogP contribution in [0.5, 0.6) is 17.2 Å². The molecule has 8 nitrogen and oxygen atoms in total. The van der Waals surface area contributed by atoms with Crippen LogP contribution in [0, 0.1) is 0 Å². The molecule has 0 radical (unpaired) electrons. The number of phenols is 3. The second kappa shape index (κ2) is 10.3. The SMILES string of the molecule is COCc1cc(COC)c2c(COC)c3c(COC)cc(COC)c(O)c3c(O)c2c1O. The monoisotopic (exact) mass is 446 g/mol. The van der Waals surface area contributed by atoms with Gasteiger partial charge in [-0.15, -0.1) is 0 Å². The molecule has 0 fully saturated rings. The van der Waals surface area contributed by atoms with Gasteiger partial charge in [0.2, 0.25) is 0 Å². The average Bonchev–Trinajstić information content (AvgIpc) is 2.76. The van der Waals surface area contributed by atoms with Crippen molar-refractivity contribution in [2.75, 3.05) is 35.5 Å². The Kier molecular flexibility index (Phi) is 7.76. The second-order valence-electron chi connectivity index (χ2n) is 7.58. The number of rotatable bonds is 10. The minimum atomic E-state index is -0.240. The van der Waals surface area contributed by atoms with Crippen LogP contribution < -0.4 is 0 Å². The van der Waals surface area contributed by atoms with Gasteiger partial charge in [0.1, 0.15) is 17.2 Å². The maximum Gasteiger partial charge on any atom is 0.138 e. The van der Waals surface area contributed by atoms with E-state index in [0.29, 0.717) is 27.5 Å². The molecule has 0 spiro atoms. The van der Waals surface area contributed by atoms with E-state index in [1.54, 1.807) is 33.5 Å². The number of ether oxygens (including phenoxy) is 5. The maximum atomic E-state index is 11.4. The molecule has 0 unspecified atom stereocenters. The Balaban J connectivity index is 2.64. The zero-order valence-corrected chi connectivity index (χ0v) is 19.1. The Morgan fingerprint density at radius 1 is 0.469 bits per heavy atom. The Bertz CT molecular complexity index is 1040. The van der Waals surface area contributed by atoms with Gasteiger partial charge >= 0.3 is 0 Å². The number of aromatic hydroxyl groups is 3. The van der Waals surface area contributed by atoms with E-state index < -0.39 is 0 Å². The number of fused-ring (bicyclic) bond motifs is 2. The van der Waals surface area contributed by atoms with E-state index in [1.807, 2.05) is 0 Å². The number of hydrogen-bond acceptors (Lipinski definition) is 8. The summed E-state index contributed by atoms with van der Waals surface area (Å²) in [6.07, 6.45) is 0. The molecule has 0 atom stereocenters. The molecule has 0 saturated heterocycles. The average molecular weight is 446 g/mol. The van der Waals surface area contributed by atoms with Crippen molar-refractivity contribution in [1.29, 1.82) is 0 Å². The van der Waals surface area contributed by atoms with E-state index in [0.717, 1.165) is 11.1 Å². The summed E-state index contributed by atoms with van der Waals surface area (Å²) in [6.45, 7) is 0.929. The maximum absolute atomic E-state index is 11.4. The zero-order valence-electron chi connectivity index (χ0n) is 19.1. The van der Waals surface area contributed by atoms with Crippen molar-refractivity contribution in [3.05, 3.63) is 39.9 Å². The second-order valence-corrected chi connectivity index (χ2v) is 7.58. The lowest BCUT2D eigenvalue weighted by atomic mass is 9.87. The van der Waals surface area contributed by atoms with E-state index in [2.05, 4.69) is 0 Å². The van der Waals surface area contributed by atoms with Gasteiger partial charge in [0, 0.05) is 57.4 Å². The first-order chi connectivity index (χ1) is 15.4. The van der Waals surface area contributed by atoms with Gasteiger partial charge < -0.3 is 39.0 Å². The van der Waals surface area contributed by atoms with Crippen LogP contribution in [-0.4, -0.2) is 50.9 Å². The summed E-state index contributed by atoms with van der Waals surface area (Å²) in [5, 5.41) is 35.2. The highest BCUT2D eigenvalue weighted by atomic mass is 16.5. The van der Waals surface area contributed by atoms with E-state index in [4.69, 9.17) is 23.7 Å². The molecule has 0 aliphatic carbocycles. The topological polar surface area (TPSA) is 107 Å². The van der Waals surface area contributed by atoms with Crippen molar-refractivity contribution in [3.8, 4) is 17.2 Å². The first-order valence-electron chi connectivity index (χ1n) is 10.1. The molecule has 3 N–H and O–H groups in total. The van der Waals surface area contributed by atoms with Crippen LogP contribution in [0.4, 0.5) is 0 Å². The molecule has 32 heavy (non-hydrogen) atoms. The summed E-state index contributed by atoms with van der Waals surface area (Å²) in [5.41, 5.74) is 3.19. The third-order valence-corrected chi connectivity index (χ3v) is 5.49. The lowest BCUT2D eigenvalue weighted by Gasteiger charge is -2.22. The Labute approximate surface area is 186 Å². The fourth-order valence-electron chi connectivity index (χ4n) is 4.34. The molecule has 0 aliphatic heterocycles. The van der Waals surface area contributed by atoms with Crippen LogP contribution in [0.2, 0.25) is 0 Å². The van der Waals surface area contributed by atoms with Gasteiger partial charge in [0.05, 0.1) is 43.8 Å². The smallest absolute Gasteiger partial charge is 0.138 e. The first-order valence-corrected chi connectivity index (χ1v) is 10.1. The predicted molar refractivity (Wildman–Crippen MR) is 120 cm³/mol. The van der Waals surface area contributed by atoms with E-state index in [9.17, 15) is 15.3 Å². The zero-order chi connectivity index (χ0) is 23.4. The molecule has 0 aromatic heterocycles. The van der Waals surface area contributed by atoms with Crippen molar-refractivity contribution in [2.24, 2.45) is 0 Å². The normalized spacial score (nSPS) is 11.7. The highest BCUT2D eigenvalue weighted by Gasteiger charge is 2.26. The Morgan fingerprint density at radius 3 is 1.16 bits per heavy atom. The molecule has 0 heterocycles. The van der Waals surface area contributed by atoms with Crippen LogP contribution >= 0.6 is 0 Å². The van der Waals surface area contributed by atoms with Crippen molar-refractivity contribution in [3.63, 3.8) is 0 Å². The van der Waals surface area contributed by atoms with Crippen LogP contribution in [0.3, 0.4) is 0 Å². The van der Waals surface area contributed by atoms with Crippen LogP contribution in [0.1, 0.15) is 27.8 Å². The highest BCUT2D eigenvalue weighted by molar-refractivity contribution is 6.15. The van der Waals surface area contributed by atoms with Gasteiger partial charge in [-0.1, -0.05) is 0 Å². The van der Waals surface area contributed by atoms with Crippen molar-refractivity contribution in [2.45, 2.75) is 33.0 Å². The van der Waals surface area contributed by atoms with Gasteiger partial charge in [-0.3, -0.25) is 0 Å². The molecule has 0 saturated carbocycles. The molecule has 3 rings (SSSR count). The quantitative estimate of drug-likeness (QED) is 0.403. The van der Waals surface area contributed by atoms with Gasteiger partial charge in [0.15, 0.2) is 0 Å². The first kappa shape index (κ1) is 24.0. The summed E-state index contributed by atoms with van der Waals surface area (Å²) in [4.78, 5) is 0. The molecule has 0 bridgehead atoms. The highest BCUT2D eigenvalue weighted by Crippen LogP contribution is 2.50. The fraction of sp³-hybridized carbons (Fsp3) is 0.417. The molecular weight excluding hydrogens is 416 g/mol. The third-order valence-electron chi connectivity index (χ3n) is 5.49. The molecular formula is C24H30O8. The summed E-state index contributed by atoms with van der Waals surface area (Å²) < 4.78 is 26.8. The minimum absolute atomic E-state index is 0.122. The molecule has 0 amide bonds. The number of hydrogen-bond donors (Lipinski definition) is 3. The molecule has 8 heteroatoms. The summed E-state index contributed by atoms with van der Waals surface area (Å²) in [5.74, 6) is -0.484. The number of methoxy groups -OCH3 is 5. The van der Waals surface area contributed by atoms with Gasteiger partial charge in [-0.25, -0.2) is 0 Å². The van der Waals surface area contributed by atoms with E-state index in [-0.39, 0.29) is 61.1 Å². The van der Waals surface area contributed by atoms with Crippen LogP contribution in [-0.2, 0) is 56.7 Å². The standard InChI is InChI=1S/C24H30O8/c1-28-8-13-6-15(10-30-3)22(25)20-18(13)17(12-32-5)19-14(9-29-2)7-16(11-31-4)23(26)21(19)24(20)27/h6-7,25-27H,8-12H2,1-5H3. The fourth-order valence-corrected chi connectivity index (χ4v) is 4.34. The van der Waals surface area contributed by atoms with Gasteiger partial charge in [-0.2, -0.15) is 0 Å². The molecule has 0 aliphatic rings. The summed E-state index contributed by atoms with van der Waals surface area (Å²) >= 11 is 0. The number of phenolic OH excluding ortho intramolecular Hbond substituents is 3. The van der Waals surface area contributed by atoms with Crippen LogP contribution in [0.15, 0.2) is 12.1 Å². The Morgan fingerprint density at radius 2 is 0.812 bits per heavy atom. The van der Waals surface area contributed by atoms with E-state index in [1.165, 1.54) is 14.2 Å². The summed E-state index contributed by atoms with van der Waals surface area (Å²) in [7, 11) is 7.76. The number of benzene rings is 3.